The van der Waals surface area contributed by atoms with Crippen LogP contribution in [-0.4, -0.2) is 41.0 Å². The van der Waals surface area contributed by atoms with Gasteiger partial charge in [0.05, 0.1) is 12.2 Å². The van der Waals surface area contributed by atoms with Gasteiger partial charge in [0.15, 0.2) is 0 Å². The van der Waals surface area contributed by atoms with Crippen molar-refractivity contribution in [3.05, 3.63) is 22.5 Å². The topological polar surface area (TPSA) is 51.5 Å². The number of ether oxygens (including phenoxy) is 1. The molecule has 2 heterocycles. The molecule has 23 heavy (non-hydrogen) atoms. The van der Waals surface area contributed by atoms with E-state index >= 15 is 0 Å². The summed E-state index contributed by atoms with van der Waals surface area (Å²) in [6.07, 6.45) is 1.16. The molecular formula is C18H28N2O3. The average Bonchev–Trinajstić information content (AvgIpc) is 2.68. The first-order valence-corrected chi connectivity index (χ1v) is 8.40. The minimum atomic E-state index is -0.366. The van der Waals surface area contributed by atoms with Crippen molar-refractivity contribution in [3.8, 4) is 0 Å². The molecule has 0 saturated carbocycles. The van der Waals surface area contributed by atoms with Crippen LogP contribution in [0.4, 0.5) is 0 Å². The van der Waals surface area contributed by atoms with E-state index in [0.717, 1.165) is 30.8 Å². The molecule has 1 saturated heterocycles. The largest absolute Gasteiger partial charge is 0.461 e. The first kappa shape index (κ1) is 17.6. The van der Waals surface area contributed by atoms with E-state index in [1.165, 1.54) is 0 Å². The fraction of sp³-hybridized carbons (Fsp3) is 0.667. The first-order chi connectivity index (χ1) is 10.8. The zero-order chi connectivity index (χ0) is 17.3. The van der Waals surface area contributed by atoms with E-state index in [4.69, 9.17) is 4.74 Å². The number of hydrogen-bond acceptors (Lipinski definition) is 3. The van der Waals surface area contributed by atoms with Crippen molar-refractivity contribution >= 4 is 11.9 Å². The Labute approximate surface area is 138 Å². The van der Waals surface area contributed by atoms with Crippen LogP contribution < -0.4 is 0 Å². The van der Waals surface area contributed by atoms with Crippen LogP contribution in [0.1, 0.15) is 59.3 Å². The summed E-state index contributed by atoms with van der Waals surface area (Å²) < 4.78 is 6.91. The molecule has 0 radical (unpaired) electrons. The van der Waals surface area contributed by atoms with Crippen LogP contribution in [0.2, 0.25) is 0 Å². The maximum Gasteiger partial charge on any atom is 0.355 e. The SMILES string of the molecule is CCOC(=O)c1c(C)c(C(=O)N2C[C@@H](C)C[C@H](C)C2)c(C)n1C. The number of esters is 1. The smallest absolute Gasteiger partial charge is 0.355 e. The predicted molar refractivity (Wildman–Crippen MR) is 89.7 cm³/mol. The molecule has 1 aliphatic rings. The Kier molecular flexibility index (Phi) is 5.17. The molecule has 0 unspecified atom stereocenters. The number of hydrogen-bond donors (Lipinski definition) is 0. The monoisotopic (exact) mass is 320 g/mol. The predicted octanol–water partition coefficient (Wildman–Crippen LogP) is 2.94. The third kappa shape index (κ3) is 3.28. The Hall–Kier alpha value is -1.78. The van der Waals surface area contributed by atoms with Gasteiger partial charge in [0.25, 0.3) is 5.91 Å². The number of aromatic nitrogens is 1. The fourth-order valence-corrected chi connectivity index (χ4v) is 3.77. The Balaban J connectivity index is 2.38. The van der Waals surface area contributed by atoms with Crippen LogP contribution in [0.25, 0.3) is 0 Å². The molecule has 0 bridgehead atoms. The van der Waals surface area contributed by atoms with Gasteiger partial charge in [0.1, 0.15) is 5.69 Å². The zero-order valence-electron chi connectivity index (χ0n) is 15.1. The van der Waals surface area contributed by atoms with Crippen LogP contribution in [0.15, 0.2) is 0 Å². The minimum Gasteiger partial charge on any atom is -0.461 e. The maximum absolute atomic E-state index is 13.0. The highest BCUT2D eigenvalue weighted by atomic mass is 16.5. The number of likely N-dealkylation sites (tertiary alicyclic amines) is 1. The van der Waals surface area contributed by atoms with Crippen molar-refractivity contribution in [1.82, 2.24) is 9.47 Å². The van der Waals surface area contributed by atoms with Crippen molar-refractivity contribution in [3.63, 3.8) is 0 Å². The van der Waals surface area contributed by atoms with Gasteiger partial charge in [-0.3, -0.25) is 4.79 Å². The molecule has 5 heteroatoms. The zero-order valence-corrected chi connectivity index (χ0v) is 15.1. The number of rotatable bonds is 3. The lowest BCUT2D eigenvalue weighted by atomic mass is 9.91. The second-order valence-electron chi connectivity index (χ2n) is 6.87. The van der Waals surface area contributed by atoms with E-state index in [0.29, 0.717) is 29.7 Å². The van der Waals surface area contributed by atoms with Gasteiger partial charge < -0.3 is 14.2 Å². The Morgan fingerprint density at radius 1 is 1.17 bits per heavy atom. The summed E-state index contributed by atoms with van der Waals surface area (Å²) in [5, 5.41) is 0. The Morgan fingerprint density at radius 2 is 1.74 bits per heavy atom. The lowest BCUT2D eigenvalue weighted by Crippen LogP contribution is -2.42. The lowest BCUT2D eigenvalue weighted by molar-refractivity contribution is 0.0514. The molecular weight excluding hydrogens is 292 g/mol. The standard InChI is InChI=1S/C18H28N2O3/c1-7-23-18(22)16-13(4)15(14(5)19(16)6)17(21)20-9-11(2)8-12(3)10-20/h11-12H,7-10H2,1-6H3/t11-,12-/m0/s1. The minimum absolute atomic E-state index is 0.0320. The molecule has 5 nitrogen and oxygen atoms in total. The molecule has 1 amide bonds. The molecule has 0 spiro atoms. The van der Waals surface area contributed by atoms with Gasteiger partial charge in [-0.15, -0.1) is 0 Å². The summed E-state index contributed by atoms with van der Waals surface area (Å²) in [6.45, 7) is 11.8. The van der Waals surface area contributed by atoms with Gasteiger partial charge >= 0.3 is 5.97 Å². The van der Waals surface area contributed by atoms with Crippen molar-refractivity contribution in [2.75, 3.05) is 19.7 Å². The van der Waals surface area contributed by atoms with Gasteiger partial charge in [-0.2, -0.15) is 0 Å². The molecule has 1 fully saturated rings. The summed E-state index contributed by atoms with van der Waals surface area (Å²) >= 11 is 0. The highest BCUT2D eigenvalue weighted by Crippen LogP contribution is 2.27. The summed E-state index contributed by atoms with van der Waals surface area (Å²) in [6, 6.07) is 0. The summed E-state index contributed by atoms with van der Waals surface area (Å²) in [4.78, 5) is 27.2. The van der Waals surface area contributed by atoms with Crippen molar-refractivity contribution in [2.45, 2.75) is 41.0 Å². The molecule has 2 rings (SSSR count). The van der Waals surface area contributed by atoms with Gasteiger partial charge in [-0.25, -0.2) is 4.79 Å². The van der Waals surface area contributed by atoms with E-state index in [-0.39, 0.29) is 11.9 Å². The van der Waals surface area contributed by atoms with Crippen LogP contribution in [0.5, 0.6) is 0 Å². The normalized spacial score (nSPS) is 21.4. The molecule has 1 aromatic rings. The number of carbonyl (C=O) groups is 2. The number of amides is 1. The van der Waals surface area contributed by atoms with Crippen LogP contribution in [0.3, 0.4) is 0 Å². The van der Waals surface area contributed by atoms with Crippen molar-refractivity contribution in [2.24, 2.45) is 18.9 Å². The molecule has 0 aromatic carbocycles. The lowest BCUT2D eigenvalue weighted by Gasteiger charge is -2.35. The first-order valence-electron chi connectivity index (χ1n) is 8.40. The summed E-state index contributed by atoms with van der Waals surface area (Å²) in [5.41, 5.74) is 2.67. The van der Waals surface area contributed by atoms with Crippen LogP contribution >= 0.6 is 0 Å². The van der Waals surface area contributed by atoms with Crippen molar-refractivity contribution < 1.29 is 14.3 Å². The Morgan fingerprint density at radius 3 is 2.26 bits per heavy atom. The van der Waals surface area contributed by atoms with Crippen LogP contribution in [0, 0.1) is 25.7 Å². The second kappa shape index (κ2) is 6.77. The van der Waals surface area contributed by atoms with Gasteiger partial charge in [-0.1, -0.05) is 13.8 Å². The van der Waals surface area contributed by atoms with Gasteiger partial charge in [0, 0.05) is 25.8 Å². The summed E-state index contributed by atoms with van der Waals surface area (Å²) in [5.74, 6) is 0.688. The van der Waals surface area contributed by atoms with E-state index < -0.39 is 0 Å². The number of carbonyl (C=O) groups excluding carboxylic acids is 2. The quantitative estimate of drug-likeness (QED) is 0.805. The van der Waals surface area contributed by atoms with Gasteiger partial charge in [0.2, 0.25) is 0 Å². The number of piperidine rings is 1. The van der Waals surface area contributed by atoms with E-state index in [2.05, 4.69) is 13.8 Å². The highest BCUT2D eigenvalue weighted by Gasteiger charge is 2.31. The summed E-state index contributed by atoms with van der Waals surface area (Å²) in [7, 11) is 1.81. The fourth-order valence-electron chi connectivity index (χ4n) is 3.77. The Bertz CT molecular complexity index is 608. The van der Waals surface area contributed by atoms with Gasteiger partial charge in [-0.05, 0) is 44.6 Å². The highest BCUT2D eigenvalue weighted by molar-refractivity contribution is 6.01. The van der Waals surface area contributed by atoms with E-state index in [1.54, 1.807) is 11.5 Å². The number of nitrogens with zero attached hydrogens (tertiary/aromatic N) is 2. The third-order valence-corrected chi connectivity index (χ3v) is 4.77. The van der Waals surface area contributed by atoms with Crippen molar-refractivity contribution in [1.29, 1.82) is 0 Å². The molecule has 1 aromatic heterocycles. The molecule has 128 valence electrons. The third-order valence-electron chi connectivity index (χ3n) is 4.77. The maximum atomic E-state index is 13.0. The average molecular weight is 320 g/mol. The van der Waals surface area contributed by atoms with Crippen LogP contribution in [-0.2, 0) is 11.8 Å². The molecule has 0 N–H and O–H groups in total. The van der Waals surface area contributed by atoms with E-state index in [9.17, 15) is 9.59 Å². The molecule has 1 aliphatic heterocycles. The molecule has 2 atom stereocenters. The van der Waals surface area contributed by atoms with E-state index in [1.807, 2.05) is 25.8 Å². The molecule has 0 aliphatic carbocycles. The second-order valence-corrected chi connectivity index (χ2v) is 6.87.